The summed E-state index contributed by atoms with van der Waals surface area (Å²) in [4.78, 5) is 29.3. The number of aliphatic carboxylic acids is 1. The van der Waals surface area contributed by atoms with Crippen LogP contribution in [-0.4, -0.2) is 46.1 Å². The fourth-order valence-corrected chi connectivity index (χ4v) is 2.65. The number of rotatable bonds is 10. The van der Waals surface area contributed by atoms with Crippen LogP contribution in [-0.2, 0) is 11.4 Å². The number of amides is 1. The summed E-state index contributed by atoms with van der Waals surface area (Å²) in [6.45, 7) is 6.47. The van der Waals surface area contributed by atoms with Gasteiger partial charge in [0, 0.05) is 36.1 Å². The summed E-state index contributed by atoms with van der Waals surface area (Å²) in [7, 11) is 0. The van der Waals surface area contributed by atoms with Crippen molar-refractivity contribution in [2.45, 2.75) is 39.8 Å². The largest absolute Gasteiger partial charge is 0.490 e. The second-order valence-electron chi connectivity index (χ2n) is 6.48. The predicted molar refractivity (Wildman–Crippen MR) is 105 cm³/mol. The van der Waals surface area contributed by atoms with E-state index in [2.05, 4.69) is 4.98 Å². The quantitative estimate of drug-likeness (QED) is 0.673. The minimum atomic E-state index is -0.937. The van der Waals surface area contributed by atoms with E-state index in [1.54, 1.807) is 30.6 Å². The number of carbonyl (C=O) groups excluding carboxylic acids is 1. The highest BCUT2D eigenvalue weighted by Crippen LogP contribution is 2.30. The first-order valence-corrected chi connectivity index (χ1v) is 9.23. The van der Waals surface area contributed by atoms with Gasteiger partial charge in [-0.25, -0.2) is 0 Å². The molecule has 2 aromatic rings. The van der Waals surface area contributed by atoms with E-state index in [-0.39, 0.29) is 24.9 Å². The number of hydrogen-bond acceptors (Lipinski definition) is 5. The monoisotopic (exact) mass is 386 g/mol. The number of carboxylic acids is 1. The second-order valence-corrected chi connectivity index (χ2v) is 6.48. The summed E-state index contributed by atoms with van der Waals surface area (Å²) in [5.74, 6) is -0.174. The molecule has 0 aliphatic heterocycles. The molecule has 0 radical (unpaired) electrons. The zero-order chi connectivity index (χ0) is 20.5. The van der Waals surface area contributed by atoms with Gasteiger partial charge in [0.2, 0.25) is 0 Å². The molecule has 2 rings (SSSR count). The molecule has 7 nitrogen and oxygen atoms in total. The third-order valence-electron chi connectivity index (χ3n) is 4.06. The highest BCUT2D eigenvalue weighted by Gasteiger charge is 2.21. The van der Waals surface area contributed by atoms with Crippen molar-refractivity contribution in [1.82, 2.24) is 9.88 Å². The summed E-state index contributed by atoms with van der Waals surface area (Å²) in [6, 6.07) is 8.63. The van der Waals surface area contributed by atoms with Gasteiger partial charge in [0.25, 0.3) is 5.91 Å². The average Bonchev–Trinajstić information content (AvgIpc) is 2.67. The van der Waals surface area contributed by atoms with Gasteiger partial charge in [0.15, 0.2) is 11.5 Å². The van der Waals surface area contributed by atoms with E-state index in [0.717, 1.165) is 5.56 Å². The average molecular weight is 386 g/mol. The molecule has 0 unspecified atom stereocenters. The van der Waals surface area contributed by atoms with Gasteiger partial charge < -0.3 is 19.5 Å². The van der Waals surface area contributed by atoms with Crippen LogP contribution >= 0.6 is 0 Å². The normalized spacial score (nSPS) is 10.6. The van der Waals surface area contributed by atoms with Gasteiger partial charge in [-0.05, 0) is 45.0 Å². The molecular formula is C21H26N2O5. The van der Waals surface area contributed by atoms with E-state index in [0.29, 0.717) is 30.3 Å². The number of ether oxygens (including phenoxy) is 2. The minimum absolute atomic E-state index is 0.103. The number of hydrogen-bond donors (Lipinski definition) is 1. The van der Waals surface area contributed by atoms with Gasteiger partial charge in [0.05, 0.1) is 13.0 Å². The van der Waals surface area contributed by atoms with Crippen molar-refractivity contribution in [1.29, 1.82) is 0 Å². The fraction of sp³-hybridized carbons (Fsp3) is 0.381. The molecule has 0 aliphatic carbocycles. The molecule has 1 amide bonds. The Balaban J connectivity index is 2.19. The zero-order valence-corrected chi connectivity index (χ0v) is 16.4. The van der Waals surface area contributed by atoms with E-state index in [1.807, 2.05) is 32.9 Å². The topological polar surface area (TPSA) is 89.0 Å². The van der Waals surface area contributed by atoms with E-state index in [4.69, 9.17) is 14.6 Å². The molecule has 150 valence electrons. The van der Waals surface area contributed by atoms with Gasteiger partial charge in [-0.1, -0.05) is 6.07 Å². The third-order valence-corrected chi connectivity index (χ3v) is 4.06. The second kappa shape index (κ2) is 10.3. The van der Waals surface area contributed by atoms with Crippen LogP contribution in [0.2, 0.25) is 0 Å². The molecule has 1 aromatic carbocycles. The lowest BCUT2D eigenvalue weighted by molar-refractivity contribution is -0.137. The zero-order valence-electron chi connectivity index (χ0n) is 16.4. The number of benzene rings is 1. The van der Waals surface area contributed by atoms with E-state index < -0.39 is 5.97 Å². The van der Waals surface area contributed by atoms with Gasteiger partial charge in [-0.15, -0.1) is 0 Å². The van der Waals surface area contributed by atoms with Gasteiger partial charge in [-0.3, -0.25) is 14.6 Å². The lowest BCUT2D eigenvalue weighted by Gasteiger charge is -2.26. The smallest absolute Gasteiger partial charge is 0.305 e. The maximum atomic E-state index is 12.9. The van der Waals surface area contributed by atoms with Crippen molar-refractivity contribution in [2.75, 3.05) is 13.2 Å². The number of aromatic nitrogens is 1. The Labute approximate surface area is 164 Å². The molecular weight excluding hydrogens is 360 g/mol. The van der Waals surface area contributed by atoms with Crippen LogP contribution in [0.4, 0.5) is 0 Å². The lowest BCUT2D eigenvalue weighted by Crippen LogP contribution is -2.38. The summed E-state index contributed by atoms with van der Waals surface area (Å²) in [6.07, 6.45) is 3.32. The van der Waals surface area contributed by atoms with Crippen molar-refractivity contribution in [3.8, 4) is 11.5 Å². The van der Waals surface area contributed by atoms with Crippen LogP contribution in [0.1, 0.15) is 43.1 Å². The van der Waals surface area contributed by atoms with Crippen LogP contribution in [0.3, 0.4) is 0 Å². The van der Waals surface area contributed by atoms with Gasteiger partial charge >= 0.3 is 5.97 Å². The summed E-state index contributed by atoms with van der Waals surface area (Å²) >= 11 is 0. The standard InChI is InChI=1S/C21H26N2O5/c1-4-27-19-12-17(21(26)23(15(2)3)11-9-20(24)25)7-8-18(19)28-14-16-6-5-10-22-13-16/h5-8,10,12-13,15H,4,9,11,14H2,1-3H3,(H,24,25). The Bertz CT molecular complexity index is 793. The Morgan fingerprint density at radius 3 is 2.57 bits per heavy atom. The Morgan fingerprint density at radius 1 is 1.18 bits per heavy atom. The Hall–Kier alpha value is -3.09. The predicted octanol–water partition coefficient (Wildman–Crippen LogP) is 3.38. The first-order valence-electron chi connectivity index (χ1n) is 9.23. The van der Waals surface area contributed by atoms with Gasteiger partial charge in [-0.2, -0.15) is 0 Å². The summed E-state index contributed by atoms with van der Waals surface area (Å²) in [5, 5.41) is 8.92. The molecule has 0 saturated heterocycles. The van der Waals surface area contributed by atoms with Gasteiger partial charge in [0.1, 0.15) is 6.61 Å². The van der Waals surface area contributed by atoms with Crippen LogP contribution in [0.15, 0.2) is 42.7 Å². The lowest BCUT2D eigenvalue weighted by atomic mass is 10.1. The highest BCUT2D eigenvalue weighted by molar-refractivity contribution is 5.95. The van der Waals surface area contributed by atoms with Crippen molar-refractivity contribution < 1.29 is 24.2 Å². The minimum Gasteiger partial charge on any atom is -0.490 e. The van der Waals surface area contributed by atoms with Crippen LogP contribution in [0, 0.1) is 0 Å². The molecule has 28 heavy (non-hydrogen) atoms. The number of carbonyl (C=O) groups is 2. The molecule has 7 heteroatoms. The summed E-state index contributed by atoms with van der Waals surface area (Å²) in [5.41, 5.74) is 1.35. The molecule has 0 fully saturated rings. The van der Waals surface area contributed by atoms with Crippen molar-refractivity contribution in [2.24, 2.45) is 0 Å². The Kier molecular flexibility index (Phi) is 7.80. The number of nitrogens with zero attached hydrogens (tertiary/aromatic N) is 2. The number of carboxylic acid groups (broad SMARTS) is 1. The maximum Gasteiger partial charge on any atom is 0.305 e. The van der Waals surface area contributed by atoms with Crippen molar-refractivity contribution in [3.63, 3.8) is 0 Å². The molecule has 1 aromatic heterocycles. The Morgan fingerprint density at radius 2 is 1.96 bits per heavy atom. The summed E-state index contributed by atoms with van der Waals surface area (Å²) < 4.78 is 11.5. The molecule has 0 saturated carbocycles. The van der Waals surface area contributed by atoms with Crippen LogP contribution in [0.25, 0.3) is 0 Å². The van der Waals surface area contributed by atoms with E-state index >= 15 is 0 Å². The maximum absolute atomic E-state index is 12.9. The van der Waals surface area contributed by atoms with E-state index in [9.17, 15) is 9.59 Å². The first kappa shape index (κ1) is 21.2. The number of pyridine rings is 1. The SMILES string of the molecule is CCOc1cc(C(=O)N(CCC(=O)O)C(C)C)ccc1OCc1cccnc1. The fourth-order valence-electron chi connectivity index (χ4n) is 2.65. The molecule has 0 bridgehead atoms. The van der Waals surface area contributed by atoms with Crippen LogP contribution < -0.4 is 9.47 Å². The van der Waals surface area contributed by atoms with Crippen molar-refractivity contribution in [3.05, 3.63) is 53.9 Å². The van der Waals surface area contributed by atoms with E-state index in [1.165, 1.54) is 4.90 Å². The third kappa shape index (κ3) is 5.97. The molecule has 0 spiro atoms. The first-order chi connectivity index (χ1) is 13.4. The molecule has 1 N–H and O–H groups in total. The molecule has 0 aliphatic rings. The van der Waals surface area contributed by atoms with Crippen molar-refractivity contribution >= 4 is 11.9 Å². The highest BCUT2D eigenvalue weighted by atomic mass is 16.5. The molecule has 1 heterocycles. The molecule has 0 atom stereocenters. The van der Waals surface area contributed by atoms with Crippen LogP contribution in [0.5, 0.6) is 11.5 Å².